The van der Waals surface area contributed by atoms with Crippen LogP contribution in [0.15, 0.2) is 0 Å². The topological polar surface area (TPSA) is 97.7 Å². The third-order valence-corrected chi connectivity index (χ3v) is 6.26. The van der Waals surface area contributed by atoms with Gasteiger partial charge >= 0.3 is 23.9 Å². The average Bonchev–Trinajstić information content (AvgIpc) is 2.53. The van der Waals surface area contributed by atoms with E-state index in [1.165, 1.54) is 0 Å². The van der Waals surface area contributed by atoms with E-state index in [-0.39, 0.29) is 24.0 Å². The lowest BCUT2D eigenvalue weighted by Gasteiger charge is -2.38. The summed E-state index contributed by atoms with van der Waals surface area (Å²) in [6.45, 7) is 0. The van der Waals surface area contributed by atoms with Gasteiger partial charge in [-0.1, -0.05) is 12.8 Å². The molecular formula is C16H20F6O6S. The van der Waals surface area contributed by atoms with E-state index in [0.717, 1.165) is 12.8 Å². The predicted octanol–water partition coefficient (Wildman–Crippen LogP) is 3.46. The predicted molar refractivity (Wildman–Crippen MR) is 85.1 cm³/mol. The van der Waals surface area contributed by atoms with Gasteiger partial charge in [0.25, 0.3) is 10.1 Å². The van der Waals surface area contributed by atoms with Gasteiger partial charge in [-0.25, -0.2) is 0 Å². The van der Waals surface area contributed by atoms with Crippen LogP contribution in [-0.2, 0) is 24.4 Å². The summed E-state index contributed by atoms with van der Waals surface area (Å²) in [6, 6.07) is 0. The Morgan fingerprint density at radius 2 is 1.66 bits per heavy atom. The highest BCUT2D eigenvalue weighted by molar-refractivity contribution is 7.85. The van der Waals surface area contributed by atoms with Crippen molar-refractivity contribution in [2.24, 2.45) is 17.8 Å². The highest BCUT2D eigenvalue weighted by Gasteiger charge is 2.75. The fourth-order valence-corrected chi connectivity index (χ4v) is 5.04. The summed E-state index contributed by atoms with van der Waals surface area (Å²) in [6.07, 6.45) is -10.4. The lowest BCUT2D eigenvalue weighted by molar-refractivity contribution is -0.361. The van der Waals surface area contributed by atoms with Crippen LogP contribution in [0.4, 0.5) is 26.3 Å². The first-order chi connectivity index (χ1) is 13.1. The van der Waals surface area contributed by atoms with E-state index in [1.54, 1.807) is 0 Å². The Morgan fingerprint density at radius 3 is 2.17 bits per heavy atom. The fourth-order valence-electron chi connectivity index (χ4n) is 4.14. The largest absolute Gasteiger partial charge is 0.438 e. The monoisotopic (exact) mass is 454 g/mol. The molecule has 2 saturated carbocycles. The fraction of sp³-hybridized carbons (Fsp3) is 0.875. The van der Waals surface area contributed by atoms with Gasteiger partial charge < -0.3 is 4.74 Å². The van der Waals surface area contributed by atoms with Gasteiger partial charge in [-0.05, 0) is 31.6 Å². The normalized spacial score (nSPS) is 26.3. The Bertz CT molecular complexity index is 730. The second kappa shape index (κ2) is 8.05. The van der Waals surface area contributed by atoms with E-state index < -0.39 is 52.1 Å². The molecule has 2 aliphatic rings. The van der Waals surface area contributed by atoms with Gasteiger partial charge in [-0.15, -0.1) is 0 Å². The van der Waals surface area contributed by atoms with Crippen LogP contribution in [0, 0.1) is 17.8 Å². The summed E-state index contributed by atoms with van der Waals surface area (Å²) in [5.41, 5.74) is -5.41. The summed E-state index contributed by atoms with van der Waals surface area (Å²) in [5, 5.41) is 0. The van der Waals surface area contributed by atoms with Gasteiger partial charge in [0.05, 0.1) is 0 Å². The zero-order valence-corrected chi connectivity index (χ0v) is 15.9. The quantitative estimate of drug-likeness (QED) is 0.375. The van der Waals surface area contributed by atoms with E-state index in [0.29, 0.717) is 19.3 Å². The van der Waals surface area contributed by atoms with Crippen molar-refractivity contribution in [1.82, 2.24) is 0 Å². The van der Waals surface area contributed by atoms with Crippen LogP contribution < -0.4 is 0 Å². The Balaban J connectivity index is 2.14. The third kappa shape index (κ3) is 5.41. The zero-order valence-electron chi connectivity index (χ0n) is 15.1. The number of carbonyl (C=O) groups is 2. The second-order valence-corrected chi connectivity index (χ2v) is 9.08. The number of carbonyl (C=O) groups excluding carboxylic acids is 2. The third-order valence-electron chi connectivity index (χ3n) is 5.49. The molecular weight excluding hydrogens is 434 g/mol. The molecule has 0 heterocycles. The molecule has 3 unspecified atom stereocenters. The van der Waals surface area contributed by atoms with Gasteiger partial charge in [0.1, 0.15) is 11.5 Å². The summed E-state index contributed by atoms with van der Waals surface area (Å²) in [7, 11) is -5.82. The van der Waals surface area contributed by atoms with Crippen molar-refractivity contribution < 1.29 is 53.6 Å². The molecule has 0 aromatic rings. The number of rotatable bonds is 6. The number of hydrogen-bond donors (Lipinski definition) is 1. The van der Waals surface area contributed by atoms with Crippen LogP contribution in [0.5, 0.6) is 0 Å². The molecule has 13 heteroatoms. The summed E-state index contributed by atoms with van der Waals surface area (Å²) < 4.78 is 113. The standard InChI is InChI=1S/C16H20F6O6S/c17-15(18,19)14(16(20,21)22,8-29(25,26)27)28-12(23)5-4-11-7-9-2-1-3-10(6-9)13(11)24/h9-11H,1-8H2,(H,25,26,27). The Labute approximate surface area is 162 Å². The lowest BCUT2D eigenvalue weighted by atomic mass is 9.66. The zero-order chi connectivity index (χ0) is 22.3. The van der Waals surface area contributed by atoms with Crippen molar-refractivity contribution in [3.63, 3.8) is 0 Å². The number of ketones is 1. The summed E-state index contributed by atoms with van der Waals surface area (Å²) in [5.74, 6) is -5.69. The lowest BCUT2D eigenvalue weighted by Crippen LogP contribution is -2.63. The summed E-state index contributed by atoms with van der Waals surface area (Å²) in [4.78, 5) is 24.1. The number of alkyl halides is 6. The molecule has 1 N–H and O–H groups in total. The maximum atomic E-state index is 13.1. The molecule has 0 saturated heterocycles. The molecule has 2 bridgehead atoms. The molecule has 6 nitrogen and oxygen atoms in total. The molecule has 0 aliphatic heterocycles. The highest BCUT2D eigenvalue weighted by atomic mass is 32.2. The van der Waals surface area contributed by atoms with Crippen LogP contribution in [0.3, 0.4) is 0 Å². The van der Waals surface area contributed by atoms with Crippen molar-refractivity contribution in [3.05, 3.63) is 0 Å². The first-order valence-electron chi connectivity index (χ1n) is 8.90. The summed E-state index contributed by atoms with van der Waals surface area (Å²) >= 11 is 0. The molecule has 2 rings (SSSR count). The van der Waals surface area contributed by atoms with Crippen molar-refractivity contribution >= 4 is 21.9 Å². The smallest absolute Gasteiger partial charge is 0.438 e. The Hall–Kier alpha value is -1.37. The molecule has 0 radical (unpaired) electrons. The molecule has 168 valence electrons. The van der Waals surface area contributed by atoms with Gasteiger partial charge in [-0.3, -0.25) is 14.1 Å². The van der Waals surface area contributed by atoms with Crippen molar-refractivity contribution in [3.8, 4) is 0 Å². The van der Waals surface area contributed by atoms with Crippen molar-refractivity contribution in [1.29, 1.82) is 0 Å². The Morgan fingerprint density at radius 1 is 1.07 bits per heavy atom. The number of Topliss-reactive ketones (excluding diaryl/α,β-unsaturated/α-hetero) is 1. The van der Waals surface area contributed by atoms with E-state index in [2.05, 4.69) is 4.74 Å². The van der Waals surface area contributed by atoms with Gasteiger partial charge in [-0.2, -0.15) is 34.8 Å². The molecule has 0 aromatic carbocycles. The first kappa shape index (κ1) is 23.9. The van der Waals surface area contributed by atoms with Crippen LogP contribution in [-0.4, -0.2) is 48.4 Å². The van der Waals surface area contributed by atoms with Crippen LogP contribution >= 0.6 is 0 Å². The molecule has 0 amide bonds. The number of ether oxygens (including phenoxy) is 1. The molecule has 3 atom stereocenters. The molecule has 2 fully saturated rings. The minimum Gasteiger partial charge on any atom is -0.438 e. The maximum absolute atomic E-state index is 13.1. The number of esters is 1. The minimum absolute atomic E-state index is 0.162. The van der Waals surface area contributed by atoms with E-state index in [4.69, 9.17) is 4.55 Å². The van der Waals surface area contributed by atoms with Crippen LogP contribution in [0.2, 0.25) is 0 Å². The number of halogens is 6. The van der Waals surface area contributed by atoms with Crippen LogP contribution in [0.1, 0.15) is 44.9 Å². The first-order valence-corrected chi connectivity index (χ1v) is 10.5. The van der Waals surface area contributed by atoms with Gasteiger partial charge in [0, 0.05) is 18.3 Å². The van der Waals surface area contributed by atoms with E-state index >= 15 is 0 Å². The van der Waals surface area contributed by atoms with Gasteiger partial charge in [0.2, 0.25) is 0 Å². The highest BCUT2D eigenvalue weighted by Crippen LogP contribution is 2.47. The van der Waals surface area contributed by atoms with E-state index in [1.807, 2.05) is 0 Å². The molecule has 29 heavy (non-hydrogen) atoms. The van der Waals surface area contributed by atoms with E-state index in [9.17, 15) is 44.3 Å². The second-order valence-electron chi connectivity index (χ2n) is 7.63. The average molecular weight is 454 g/mol. The molecule has 0 spiro atoms. The minimum atomic E-state index is -6.35. The number of hydrogen-bond acceptors (Lipinski definition) is 5. The van der Waals surface area contributed by atoms with Crippen molar-refractivity contribution in [2.75, 3.05) is 5.75 Å². The molecule has 2 aliphatic carbocycles. The maximum Gasteiger partial charge on any atom is 0.438 e. The van der Waals surface area contributed by atoms with Crippen molar-refractivity contribution in [2.45, 2.75) is 62.9 Å². The van der Waals surface area contributed by atoms with Crippen LogP contribution in [0.25, 0.3) is 0 Å². The number of fused-ring (bicyclic) bond motifs is 2. The SMILES string of the molecule is O=C(CCC1CC2CCCC(C2)C1=O)OC(CS(=O)(=O)O)(C(F)(F)F)C(F)(F)F. The molecule has 0 aromatic heterocycles. The Kier molecular flexibility index (Phi) is 6.63. The van der Waals surface area contributed by atoms with Gasteiger partial charge in [0.15, 0.2) is 0 Å².